The van der Waals surface area contributed by atoms with Crippen LogP contribution < -0.4 is 4.90 Å². The molecule has 1 unspecified atom stereocenters. The van der Waals surface area contributed by atoms with Crippen molar-refractivity contribution in [2.24, 2.45) is 0 Å². The van der Waals surface area contributed by atoms with Crippen LogP contribution in [0.5, 0.6) is 0 Å². The van der Waals surface area contributed by atoms with E-state index in [0.29, 0.717) is 0 Å². The van der Waals surface area contributed by atoms with Crippen LogP contribution in [0.1, 0.15) is 43.7 Å². The lowest BCUT2D eigenvalue weighted by atomic mass is 9.92. The number of carbonyl (C=O) groups is 2. The van der Waals surface area contributed by atoms with E-state index in [1.165, 1.54) is 0 Å². The first-order valence-corrected chi connectivity index (χ1v) is 6.61. The van der Waals surface area contributed by atoms with Gasteiger partial charge in [-0.05, 0) is 36.0 Å². The molecule has 1 amide bonds. The minimum Gasteiger partial charge on any atom is -0.481 e. The fraction of sp³-hybridized carbons (Fsp3) is 0.467. The van der Waals surface area contributed by atoms with E-state index in [1.807, 2.05) is 19.1 Å². The summed E-state index contributed by atoms with van der Waals surface area (Å²) in [7, 11) is 0. The maximum Gasteiger partial charge on any atom is 0.303 e. The van der Waals surface area contributed by atoms with Gasteiger partial charge in [0.05, 0.1) is 6.42 Å². The number of nitrogens with zero attached hydrogens (tertiary/aromatic N) is 1. The van der Waals surface area contributed by atoms with Crippen molar-refractivity contribution in [2.45, 2.75) is 39.0 Å². The predicted octanol–water partition coefficient (Wildman–Crippen LogP) is 2.56. The van der Waals surface area contributed by atoms with Crippen LogP contribution in [0.25, 0.3) is 0 Å². The molecule has 1 heterocycles. The molecule has 0 saturated carbocycles. The summed E-state index contributed by atoms with van der Waals surface area (Å²) < 4.78 is 0. The van der Waals surface area contributed by atoms with Crippen LogP contribution in [0.4, 0.5) is 5.69 Å². The van der Waals surface area contributed by atoms with E-state index in [9.17, 15) is 9.59 Å². The van der Waals surface area contributed by atoms with Crippen molar-refractivity contribution < 1.29 is 14.7 Å². The monoisotopic (exact) mass is 261 g/mol. The molecule has 1 atom stereocenters. The van der Waals surface area contributed by atoms with Crippen molar-refractivity contribution in [3.05, 3.63) is 29.3 Å². The topological polar surface area (TPSA) is 57.6 Å². The Balaban J connectivity index is 2.28. The number of carbonyl (C=O) groups excluding carboxylic acids is 1. The first-order chi connectivity index (χ1) is 8.99. The van der Waals surface area contributed by atoms with Gasteiger partial charge in [-0.15, -0.1) is 0 Å². The summed E-state index contributed by atoms with van der Waals surface area (Å²) in [6.45, 7) is 4.27. The third kappa shape index (κ3) is 2.95. The number of aryl methyl sites for hydroxylation is 1. The molecule has 0 fully saturated rings. The van der Waals surface area contributed by atoms with E-state index < -0.39 is 5.97 Å². The molecule has 1 aliphatic heterocycles. The molecule has 0 radical (unpaired) electrons. The molecule has 0 aliphatic carbocycles. The Morgan fingerprint density at radius 3 is 2.79 bits per heavy atom. The number of aliphatic carboxylic acids is 1. The van der Waals surface area contributed by atoms with Crippen LogP contribution in [0, 0.1) is 0 Å². The second kappa shape index (κ2) is 5.43. The third-order valence-corrected chi connectivity index (χ3v) is 3.65. The summed E-state index contributed by atoms with van der Waals surface area (Å²) in [6.07, 6.45) is 2.05. The Bertz CT molecular complexity index is 510. The number of carboxylic acids is 1. The minimum absolute atomic E-state index is 0.00416. The van der Waals surface area contributed by atoms with Crippen LogP contribution in [0.3, 0.4) is 0 Å². The number of anilines is 1. The van der Waals surface area contributed by atoms with Crippen molar-refractivity contribution in [3.8, 4) is 0 Å². The smallest absolute Gasteiger partial charge is 0.303 e. The summed E-state index contributed by atoms with van der Waals surface area (Å²) in [5.41, 5.74) is 3.16. The molecule has 102 valence electrons. The highest BCUT2D eigenvalue weighted by Gasteiger charge is 2.21. The zero-order valence-electron chi connectivity index (χ0n) is 11.3. The Hall–Kier alpha value is -1.84. The van der Waals surface area contributed by atoms with Gasteiger partial charge in [-0.2, -0.15) is 0 Å². The molecule has 4 heteroatoms. The largest absolute Gasteiger partial charge is 0.481 e. The number of benzene rings is 1. The highest BCUT2D eigenvalue weighted by molar-refractivity contribution is 5.92. The van der Waals surface area contributed by atoms with Crippen molar-refractivity contribution in [1.29, 1.82) is 0 Å². The van der Waals surface area contributed by atoms with Crippen LogP contribution >= 0.6 is 0 Å². The molecule has 0 aromatic heterocycles. The van der Waals surface area contributed by atoms with Gasteiger partial charge in [-0.3, -0.25) is 9.59 Å². The van der Waals surface area contributed by atoms with Gasteiger partial charge in [0.1, 0.15) is 0 Å². The van der Waals surface area contributed by atoms with E-state index in [0.717, 1.165) is 36.2 Å². The van der Waals surface area contributed by atoms with Crippen molar-refractivity contribution in [1.82, 2.24) is 0 Å². The highest BCUT2D eigenvalue weighted by Crippen LogP contribution is 2.31. The lowest BCUT2D eigenvalue weighted by Crippen LogP contribution is -2.33. The van der Waals surface area contributed by atoms with E-state index in [1.54, 1.807) is 11.8 Å². The maximum absolute atomic E-state index is 11.6. The average molecular weight is 261 g/mol. The number of hydrogen-bond donors (Lipinski definition) is 1. The number of carboxylic acid groups (broad SMARTS) is 1. The average Bonchev–Trinajstić information content (AvgIpc) is 2.36. The third-order valence-electron chi connectivity index (χ3n) is 3.65. The molecule has 2 rings (SSSR count). The van der Waals surface area contributed by atoms with Crippen LogP contribution in [-0.2, 0) is 16.0 Å². The second-order valence-electron chi connectivity index (χ2n) is 5.16. The van der Waals surface area contributed by atoms with E-state index >= 15 is 0 Å². The zero-order valence-corrected chi connectivity index (χ0v) is 11.3. The van der Waals surface area contributed by atoms with Gasteiger partial charge in [0.15, 0.2) is 0 Å². The van der Waals surface area contributed by atoms with Gasteiger partial charge >= 0.3 is 5.97 Å². The summed E-state index contributed by atoms with van der Waals surface area (Å²) in [5, 5.41) is 8.85. The van der Waals surface area contributed by atoms with Crippen LogP contribution in [-0.4, -0.2) is 23.5 Å². The lowest BCUT2D eigenvalue weighted by Gasteiger charge is -2.29. The predicted molar refractivity (Wildman–Crippen MR) is 73.5 cm³/mol. The zero-order chi connectivity index (χ0) is 14.0. The van der Waals surface area contributed by atoms with Gasteiger partial charge in [0.25, 0.3) is 0 Å². The van der Waals surface area contributed by atoms with E-state index in [4.69, 9.17) is 5.11 Å². The van der Waals surface area contributed by atoms with E-state index in [2.05, 4.69) is 6.07 Å². The van der Waals surface area contributed by atoms with Crippen molar-refractivity contribution in [2.75, 3.05) is 11.4 Å². The fourth-order valence-electron chi connectivity index (χ4n) is 2.63. The highest BCUT2D eigenvalue weighted by atomic mass is 16.4. The molecule has 4 nitrogen and oxygen atoms in total. The van der Waals surface area contributed by atoms with E-state index in [-0.39, 0.29) is 18.2 Å². The Labute approximate surface area is 113 Å². The number of rotatable bonds is 3. The molecular formula is C15H19NO3. The first kappa shape index (κ1) is 13.6. The lowest BCUT2D eigenvalue weighted by molar-refractivity contribution is -0.137. The van der Waals surface area contributed by atoms with Crippen LogP contribution in [0.15, 0.2) is 18.2 Å². The molecule has 0 spiro atoms. The molecule has 1 aromatic carbocycles. The standard InChI is InChI=1S/C15H19NO3/c1-10(8-15(18)19)12-5-6-14-13(9-12)4-3-7-16(14)11(2)17/h5-6,9-10H,3-4,7-8H2,1-2H3,(H,18,19). The van der Waals surface area contributed by atoms with Gasteiger partial charge < -0.3 is 10.0 Å². The molecule has 19 heavy (non-hydrogen) atoms. The van der Waals surface area contributed by atoms with Gasteiger partial charge in [-0.25, -0.2) is 0 Å². The fourth-order valence-corrected chi connectivity index (χ4v) is 2.63. The Morgan fingerprint density at radius 2 is 2.16 bits per heavy atom. The van der Waals surface area contributed by atoms with Crippen LogP contribution in [0.2, 0.25) is 0 Å². The summed E-state index contributed by atoms with van der Waals surface area (Å²) in [6, 6.07) is 5.94. The molecule has 0 saturated heterocycles. The minimum atomic E-state index is -0.782. The molecule has 1 aliphatic rings. The molecule has 1 aromatic rings. The SMILES string of the molecule is CC(=O)N1CCCc2cc(C(C)CC(=O)O)ccc21. The Kier molecular flexibility index (Phi) is 3.88. The van der Waals surface area contributed by atoms with Crippen molar-refractivity contribution in [3.63, 3.8) is 0 Å². The van der Waals surface area contributed by atoms with Gasteiger partial charge in [0, 0.05) is 19.2 Å². The molecular weight excluding hydrogens is 242 g/mol. The normalized spacial score (nSPS) is 15.8. The quantitative estimate of drug-likeness (QED) is 0.909. The van der Waals surface area contributed by atoms with Crippen molar-refractivity contribution >= 4 is 17.6 Å². The van der Waals surface area contributed by atoms with Gasteiger partial charge in [-0.1, -0.05) is 19.1 Å². The second-order valence-corrected chi connectivity index (χ2v) is 5.16. The number of amides is 1. The summed E-state index contributed by atoms with van der Waals surface area (Å²) in [5.74, 6) is -0.724. The first-order valence-electron chi connectivity index (χ1n) is 6.61. The van der Waals surface area contributed by atoms with Gasteiger partial charge in [0.2, 0.25) is 5.91 Å². The molecule has 0 bridgehead atoms. The Morgan fingerprint density at radius 1 is 1.42 bits per heavy atom. The maximum atomic E-state index is 11.6. The summed E-state index contributed by atoms with van der Waals surface area (Å²) >= 11 is 0. The number of hydrogen-bond acceptors (Lipinski definition) is 2. The summed E-state index contributed by atoms with van der Waals surface area (Å²) in [4.78, 5) is 24.1. The molecule has 1 N–H and O–H groups in total. The number of fused-ring (bicyclic) bond motifs is 1.